The number of benzene rings is 1. The van der Waals surface area contributed by atoms with Crippen LogP contribution in [0.4, 0.5) is 0 Å². The van der Waals surface area contributed by atoms with Crippen LogP contribution in [0.5, 0.6) is 0 Å². The van der Waals surface area contributed by atoms with Crippen molar-refractivity contribution in [3.63, 3.8) is 0 Å². The fourth-order valence-electron chi connectivity index (χ4n) is 1.09. The molecule has 0 spiro atoms. The molecule has 0 amide bonds. The summed E-state index contributed by atoms with van der Waals surface area (Å²) in [7, 11) is 0. The number of hydrogen-bond acceptors (Lipinski definition) is 2. The normalized spacial score (nSPS) is 10.2. The lowest BCUT2D eigenvalue weighted by Gasteiger charge is -2.03. The predicted molar refractivity (Wildman–Crippen MR) is 68.4 cm³/mol. The van der Waals surface area contributed by atoms with Crippen molar-refractivity contribution in [2.24, 2.45) is 0 Å². The van der Waals surface area contributed by atoms with Crippen LogP contribution in [-0.2, 0) is 11.2 Å². The molecule has 14 heavy (non-hydrogen) atoms. The highest BCUT2D eigenvalue weighted by Gasteiger charge is 2.04. The van der Waals surface area contributed by atoms with Crippen LogP contribution < -0.4 is 0 Å². The molecule has 0 saturated carbocycles. The summed E-state index contributed by atoms with van der Waals surface area (Å²) in [5.74, 6) is 0.203. The minimum absolute atomic E-state index is 0.203. The first kappa shape index (κ1) is 12.3. The first-order valence-electron chi connectivity index (χ1n) is 4.07. The van der Waals surface area contributed by atoms with Gasteiger partial charge in [-0.05, 0) is 39.9 Å². The van der Waals surface area contributed by atoms with Crippen LogP contribution in [0.2, 0.25) is 0 Å². The first-order valence-corrected chi connectivity index (χ1v) is 7.21. The van der Waals surface area contributed by atoms with Crippen LogP contribution in [0.25, 0.3) is 0 Å². The molecule has 0 N–H and O–H groups in total. The Kier molecular flexibility index (Phi) is 5.20. The zero-order valence-corrected chi connectivity index (χ0v) is 11.7. The number of halogens is 2. The van der Waals surface area contributed by atoms with E-state index in [2.05, 4.69) is 31.9 Å². The Morgan fingerprint density at radius 3 is 2.71 bits per heavy atom. The largest absolute Gasteiger partial charge is 0.298 e. The number of carbonyl (C=O) groups is 1. The molecular weight excluding hydrogens is 328 g/mol. The van der Waals surface area contributed by atoms with E-state index in [4.69, 9.17) is 0 Å². The number of carbonyl (C=O) groups excluding carboxylic acids is 1. The van der Waals surface area contributed by atoms with E-state index < -0.39 is 0 Å². The van der Waals surface area contributed by atoms with Crippen LogP contribution in [0.3, 0.4) is 0 Å². The average Bonchev–Trinajstić information content (AvgIpc) is 2.18. The summed E-state index contributed by atoms with van der Waals surface area (Å²) in [6.45, 7) is 0. The van der Waals surface area contributed by atoms with Gasteiger partial charge in [-0.2, -0.15) is 0 Å². The Balaban J connectivity index is 2.81. The third-order valence-electron chi connectivity index (χ3n) is 1.77. The Morgan fingerprint density at radius 1 is 1.50 bits per heavy atom. The second-order valence-corrected chi connectivity index (χ2v) is 5.08. The lowest BCUT2D eigenvalue weighted by atomic mass is 10.1. The average molecular weight is 338 g/mol. The van der Waals surface area contributed by atoms with Crippen LogP contribution in [0.1, 0.15) is 5.56 Å². The van der Waals surface area contributed by atoms with Crippen molar-refractivity contribution in [1.29, 1.82) is 0 Å². The standard InChI is InChI=1S/C10H10Br2OS/c1-14-10-3-2-7(5-9(10)12)4-8(13)6-11/h2-3,5H,4,6H2,1H3. The Bertz CT molecular complexity index is 339. The maximum Gasteiger partial charge on any atom is 0.147 e. The summed E-state index contributed by atoms with van der Waals surface area (Å²) in [6.07, 6.45) is 2.53. The van der Waals surface area contributed by atoms with Gasteiger partial charge in [0.2, 0.25) is 0 Å². The summed E-state index contributed by atoms with van der Waals surface area (Å²) in [6, 6.07) is 6.04. The Morgan fingerprint density at radius 2 is 2.21 bits per heavy atom. The molecule has 0 bridgehead atoms. The topological polar surface area (TPSA) is 17.1 Å². The molecule has 1 rings (SSSR count). The molecule has 0 aliphatic carbocycles. The highest BCUT2D eigenvalue weighted by Crippen LogP contribution is 2.26. The summed E-state index contributed by atoms with van der Waals surface area (Å²) in [5, 5.41) is 0.425. The van der Waals surface area contributed by atoms with Gasteiger partial charge in [-0.25, -0.2) is 0 Å². The molecule has 0 unspecified atom stereocenters. The fourth-order valence-corrected chi connectivity index (χ4v) is 2.66. The molecule has 0 aromatic heterocycles. The van der Waals surface area contributed by atoms with E-state index in [1.54, 1.807) is 11.8 Å². The van der Waals surface area contributed by atoms with Gasteiger partial charge in [0.25, 0.3) is 0 Å². The molecule has 0 saturated heterocycles. The molecule has 0 aliphatic heterocycles. The minimum Gasteiger partial charge on any atom is -0.298 e. The van der Waals surface area contributed by atoms with E-state index in [1.807, 2.05) is 24.5 Å². The summed E-state index contributed by atoms with van der Waals surface area (Å²) >= 11 is 8.32. The lowest BCUT2D eigenvalue weighted by Crippen LogP contribution is -2.03. The zero-order valence-electron chi connectivity index (χ0n) is 7.72. The molecule has 1 nitrogen and oxygen atoms in total. The van der Waals surface area contributed by atoms with E-state index in [0.717, 1.165) is 10.0 Å². The zero-order chi connectivity index (χ0) is 10.6. The Hall–Kier alpha value is 0.200. The third-order valence-corrected chi connectivity index (χ3v) is 4.11. The van der Waals surface area contributed by atoms with Gasteiger partial charge < -0.3 is 0 Å². The molecule has 4 heteroatoms. The van der Waals surface area contributed by atoms with Crippen LogP contribution >= 0.6 is 43.6 Å². The number of Topliss-reactive ketones (excluding diaryl/α,β-unsaturated/α-hetero) is 1. The molecule has 0 heterocycles. The smallest absolute Gasteiger partial charge is 0.147 e. The van der Waals surface area contributed by atoms with Crippen molar-refractivity contribution in [2.75, 3.05) is 11.6 Å². The minimum atomic E-state index is 0.203. The number of hydrogen-bond donors (Lipinski definition) is 0. The number of ketones is 1. The van der Waals surface area contributed by atoms with E-state index in [0.29, 0.717) is 11.8 Å². The van der Waals surface area contributed by atoms with Crippen molar-refractivity contribution < 1.29 is 4.79 Å². The predicted octanol–water partition coefficient (Wildman–Crippen LogP) is 3.68. The van der Waals surface area contributed by atoms with Crippen LogP contribution in [0, 0.1) is 0 Å². The van der Waals surface area contributed by atoms with Gasteiger partial charge in [0.1, 0.15) is 5.78 Å². The highest BCUT2D eigenvalue weighted by atomic mass is 79.9. The third kappa shape index (κ3) is 3.41. The van der Waals surface area contributed by atoms with E-state index in [1.165, 1.54) is 4.90 Å². The molecule has 1 aromatic carbocycles. The molecule has 76 valence electrons. The number of alkyl halides is 1. The quantitative estimate of drug-likeness (QED) is 0.616. The SMILES string of the molecule is CSc1ccc(CC(=O)CBr)cc1Br. The summed E-state index contributed by atoms with van der Waals surface area (Å²) < 4.78 is 1.06. The van der Waals surface area contributed by atoms with Gasteiger partial charge in [0, 0.05) is 15.8 Å². The van der Waals surface area contributed by atoms with Gasteiger partial charge in [0.05, 0.1) is 5.33 Å². The van der Waals surface area contributed by atoms with Crippen molar-refractivity contribution in [3.8, 4) is 0 Å². The maximum atomic E-state index is 11.2. The molecule has 0 aliphatic rings. The van der Waals surface area contributed by atoms with Gasteiger partial charge in [0.15, 0.2) is 0 Å². The second kappa shape index (κ2) is 5.93. The molecule has 1 aromatic rings. The molecule has 0 radical (unpaired) electrons. The summed E-state index contributed by atoms with van der Waals surface area (Å²) in [4.78, 5) is 12.4. The van der Waals surface area contributed by atoms with Gasteiger partial charge >= 0.3 is 0 Å². The van der Waals surface area contributed by atoms with E-state index in [9.17, 15) is 4.79 Å². The van der Waals surface area contributed by atoms with Crippen LogP contribution in [0.15, 0.2) is 27.6 Å². The molecular formula is C10H10Br2OS. The number of rotatable bonds is 4. The second-order valence-electron chi connectivity index (χ2n) is 2.82. The van der Waals surface area contributed by atoms with Gasteiger partial charge in [-0.15, -0.1) is 11.8 Å². The lowest BCUT2D eigenvalue weighted by molar-refractivity contribution is -0.115. The number of thioether (sulfide) groups is 1. The van der Waals surface area contributed by atoms with Crippen molar-refractivity contribution in [1.82, 2.24) is 0 Å². The van der Waals surface area contributed by atoms with Crippen molar-refractivity contribution in [3.05, 3.63) is 28.2 Å². The highest BCUT2D eigenvalue weighted by molar-refractivity contribution is 9.10. The van der Waals surface area contributed by atoms with Crippen LogP contribution in [-0.4, -0.2) is 17.4 Å². The van der Waals surface area contributed by atoms with Crippen molar-refractivity contribution >= 4 is 49.4 Å². The van der Waals surface area contributed by atoms with Gasteiger partial charge in [-0.1, -0.05) is 22.0 Å². The molecule has 0 fully saturated rings. The van der Waals surface area contributed by atoms with Gasteiger partial charge in [-0.3, -0.25) is 4.79 Å². The Labute approximate surface area is 105 Å². The monoisotopic (exact) mass is 336 g/mol. The fraction of sp³-hybridized carbons (Fsp3) is 0.300. The maximum absolute atomic E-state index is 11.2. The van der Waals surface area contributed by atoms with E-state index >= 15 is 0 Å². The van der Waals surface area contributed by atoms with Crippen molar-refractivity contribution in [2.45, 2.75) is 11.3 Å². The molecule has 0 atom stereocenters. The first-order chi connectivity index (χ1) is 6.67. The summed E-state index contributed by atoms with van der Waals surface area (Å²) in [5.41, 5.74) is 1.05. The van der Waals surface area contributed by atoms with E-state index in [-0.39, 0.29) is 5.78 Å².